The normalized spacial score (nSPS) is 12.8. The molecule has 4 nitrogen and oxygen atoms in total. The molecule has 1 aromatic heterocycles. The molecule has 3 rings (SSSR count). The minimum Gasteiger partial charge on any atom is -0.488 e. The average Bonchev–Trinajstić information content (AvgIpc) is 2.73. The predicted molar refractivity (Wildman–Crippen MR) is 59.0 cm³/mol. The predicted octanol–water partition coefficient (Wildman–Crippen LogP) is 1.95. The van der Waals surface area contributed by atoms with Crippen LogP contribution in [0.15, 0.2) is 28.8 Å². The van der Waals surface area contributed by atoms with Crippen molar-refractivity contribution in [3.8, 4) is 17.1 Å². The Morgan fingerprint density at radius 2 is 2.25 bits per heavy atom. The molecule has 0 bridgehead atoms. The fourth-order valence-electron chi connectivity index (χ4n) is 1.94. The molecule has 1 aliphatic heterocycles. The molecule has 0 radical (unpaired) electrons. The van der Waals surface area contributed by atoms with Gasteiger partial charge < -0.3 is 14.6 Å². The van der Waals surface area contributed by atoms with Crippen molar-refractivity contribution in [2.45, 2.75) is 13.2 Å². The Hall–Kier alpha value is -1.81. The second-order valence-electron chi connectivity index (χ2n) is 3.75. The van der Waals surface area contributed by atoms with E-state index in [-0.39, 0.29) is 0 Å². The first-order chi connectivity index (χ1) is 7.90. The van der Waals surface area contributed by atoms with Crippen LogP contribution in [0.3, 0.4) is 0 Å². The van der Waals surface area contributed by atoms with Gasteiger partial charge in [0.2, 0.25) is 0 Å². The topological polar surface area (TPSA) is 47.3 Å². The molecule has 0 unspecified atom stereocenters. The van der Waals surface area contributed by atoms with Crippen molar-refractivity contribution in [1.82, 2.24) is 10.5 Å². The summed E-state index contributed by atoms with van der Waals surface area (Å²) in [7, 11) is 1.89. The second kappa shape index (κ2) is 3.64. The number of nitrogens with one attached hydrogen (secondary N) is 1. The standard InChI is InChI=1S/C12H12N2O2/c1-13-6-10-9-7-15-11-5-3-2-4-8(11)12(9)16-14-10/h2-5,13H,6-7H2,1H3. The molecule has 16 heavy (non-hydrogen) atoms. The largest absolute Gasteiger partial charge is 0.488 e. The summed E-state index contributed by atoms with van der Waals surface area (Å²) in [6.45, 7) is 1.23. The van der Waals surface area contributed by atoms with Gasteiger partial charge in [0.1, 0.15) is 18.1 Å². The molecule has 0 spiro atoms. The van der Waals surface area contributed by atoms with Crippen LogP contribution >= 0.6 is 0 Å². The lowest BCUT2D eigenvalue weighted by Crippen LogP contribution is -2.11. The van der Waals surface area contributed by atoms with Crippen LogP contribution in [0.25, 0.3) is 11.3 Å². The Labute approximate surface area is 93.2 Å². The lowest BCUT2D eigenvalue weighted by Gasteiger charge is -2.15. The zero-order valence-electron chi connectivity index (χ0n) is 8.99. The smallest absolute Gasteiger partial charge is 0.177 e. The summed E-state index contributed by atoms with van der Waals surface area (Å²) >= 11 is 0. The van der Waals surface area contributed by atoms with Crippen molar-refractivity contribution in [3.05, 3.63) is 35.5 Å². The summed E-state index contributed by atoms with van der Waals surface area (Å²) in [4.78, 5) is 0. The number of fused-ring (bicyclic) bond motifs is 3. The van der Waals surface area contributed by atoms with Crippen LogP contribution in [0.5, 0.6) is 5.75 Å². The van der Waals surface area contributed by atoms with Crippen molar-refractivity contribution in [1.29, 1.82) is 0 Å². The van der Waals surface area contributed by atoms with Crippen molar-refractivity contribution in [2.75, 3.05) is 7.05 Å². The van der Waals surface area contributed by atoms with Crippen molar-refractivity contribution in [2.24, 2.45) is 0 Å². The highest BCUT2D eigenvalue weighted by molar-refractivity contribution is 5.70. The van der Waals surface area contributed by atoms with Crippen LogP contribution in [-0.4, -0.2) is 12.2 Å². The SMILES string of the molecule is CNCc1noc2c1COc1ccccc1-2. The average molecular weight is 216 g/mol. The minimum atomic E-state index is 0.535. The van der Waals surface area contributed by atoms with E-state index < -0.39 is 0 Å². The first-order valence-electron chi connectivity index (χ1n) is 5.24. The second-order valence-corrected chi connectivity index (χ2v) is 3.75. The van der Waals surface area contributed by atoms with E-state index in [1.165, 1.54) is 0 Å². The Morgan fingerprint density at radius 1 is 1.38 bits per heavy atom. The summed E-state index contributed by atoms with van der Waals surface area (Å²) in [5, 5.41) is 7.14. The Balaban J connectivity index is 2.12. The summed E-state index contributed by atoms with van der Waals surface area (Å²) in [6.07, 6.45) is 0. The maximum atomic E-state index is 5.67. The van der Waals surface area contributed by atoms with E-state index in [1.807, 2.05) is 31.3 Å². The molecule has 1 aliphatic rings. The van der Waals surface area contributed by atoms with Gasteiger partial charge in [0, 0.05) is 6.54 Å². The van der Waals surface area contributed by atoms with Crippen molar-refractivity contribution in [3.63, 3.8) is 0 Å². The van der Waals surface area contributed by atoms with Gasteiger partial charge in [-0.1, -0.05) is 17.3 Å². The quantitative estimate of drug-likeness (QED) is 0.833. The highest BCUT2D eigenvalue weighted by Gasteiger charge is 2.24. The third-order valence-corrected chi connectivity index (χ3v) is 2.72. The van der Waals surface area contributed by atoms with Crippen LogP contribution in [0.4, 0.5) is 0 Å². The molecule has 82 valence electrons. The van der Waals surface area contributed by atoms with Crippen LogP contribution in [0.2, 0.25) is 0 Å². The Bertz CT molecular complexity index is 519. The summed E-state index contributed by atoms with van der Waals surface area (Å²) in [5.41, 5.74) is 2.96. The van der Waals surface area contributed by atoms with E-state index in [2.05, 4.69) is 10.5 Å². The van der Waals surface area contributed by atoms with Gasteiger partial charge >= 0.3 is 0 Å². The van der Waals surface area contributed by atoms with E-state index in [9.17, 15) is 0 Å². The molecule has 1 N–H and O–H groups in total. The van der Waals surface area contributed by atoms with Crippen LogP contribution in [0, 0.1) is 0 Å². The number of aromatic nitrogens is 1. The molecular formula is C12H12N2O2. The highest BCUT2D eigenvalue weighted by atomic mass is 16.5. The van der Waals surface area contributed by atoms with E-state index in [1.54, 1.807) is 0 Å². The van der Waals surface area contributed by atoms with Crippen molar-refractivity contribution < 1.29 is 9.26 Å². The molecule has 0 saturated carbocycles. The number of rotatable bonds is 2. The van der Waals surface area contributed by atoms with Gasteiger partial charge in [-0.3, -0.25) is 0 Å². The zero-order valence-corrected chi connectivity index (χ0v) is 8.99. The number of ether oxygens (including phenoxy) is 1. The Morgan fingerprint density at radius 3 is 3.12 bits per heavy atom. The van der Waals surface area contributed by atoms with Gasteiger partial charge in [-0.15, -0.1) is 0 Å². The van der Waals surface area contributed by atoms with Gasteiger partial charge in [-0.2, -0.15) is 0 Å². The minimum absolute atomic E-state index is 0.535. The number of hydrogen-bond acceptors (Lipinski definition) is 4. The zero-order chi connectivity index (χ0) is 11.0. The van der Waals surface area contributed by atoms with Gasteiger partial charge in [0.25, 0.3) is 0 Å². The molecule has 2 heterocycles. The fraction of sp³-hybridized carbons (Fsp3) is 0.250. The maximum absolute atomic E-state index is 5.67. The third kappa shape index (κ3) is 1.31. The van der Waals surface area contributed by atoms with E-state index in [0.717, 1.165) is 28.3 Å². The molecule has 0 atom stereocenters. The lowest BCUT2D eigenvalue weighted by molar-refractivity contribution is 0.297. The summed E-state index contributed by atoms with van der Waals surface area (Å²) < 4.78 is 11.1. The van der Waals surface area contributed by atoms with E-state index in [0.29, 0.717) is 13.2 Å². The maximum Gasteiger partial charge on any atom is 0.177 e. The molecule has 2 aromatic rings. The Kier molecular flexibility index (Phi) is 2.15. The summed E-state index contributed by atoms with van der Waals surface area (Å²) in [5.74, 6) is 1.70. The molecular weight excluding hydrogens is 204 g/mol. The molecule has 0 saturated heterocycles. The molecule has 0 fully saturated rings. The van der Waals surface area contributed by atoms with E-state index >= 15 is 0 Å². The lowest BCUT2D eigenvalue weighted by atomic mass is 10.0. The van der Waals surface area contributed by atoms with Crippen LogP contribution < -0.4 is 10.1 Å². The van der Waals surface area contributed by atoms with Crippen LogP contribution in [0.1, 0.15) is 11.3 Å². The van der Waals surface area contributed by atoms with Gasteiger partial charge in [0.15, 0.2) is 5.76 Å². The van der Waals surface area contributed by atoms with Gasteiger partial charge in [0.05, 0.1) is 11.1 Å². The third-order valence-electron chi connectivity index (χ3n) is 2.72. The van der Waals surface area contributed by atoms with Crippen molar-refractivity contribution >= 4 is 0 Å². The van der Waals surface area contributed by atoms with Gasteiger partial charge in [-0.05, 0) is 19.2 Å². The number of benzene rings is 1. The van der Waals surface area contributed by atoms with Gasteiger partial charge in [-0.25, -0.2) is 0 Å². The first kappa shape index (κ1) is 9.42. The number of nitrogens with zero attached hydrogens (tertiary/aromatic N) is 1. The molecule has 0 aliphatic carbocycles. The summed E-state index contributed by atoms with van der Waals surface area (Å²) in [6, 6.07) is 7.85. The van der Waals surface area contributed by atoms with E-state index in [4.69, 9.17) is 9.26 Å². The monoisotopic (exact) mass is 216 g/mol. The molecule has 4 heteroatoms. The first-order valence-corrected chi connectivity index (χ1v) is 5.24. The number of para-hydroxylation sites is 1. The number of hydrogen-bond donors (Lipinski definition) is 1. The highest BCUT2D eigenvalue weighted by Crippen LogP contribution is 2.38. The van der Waals surface area contributed by atoms with Crippen LogP contribution in [-0.2, 0) is 13.2 Å². The fourth-order valence-corrected chi connectivity index (χ4v) is 1.94. The molecule has 1 aromatic carbocycles. The molecule has 0 amide bonds.